The first-order valence-corrected chi connectivity index (χ1v) is 6.32. The average Bonchev–Trinajstić information content (AvgIpc) is 2.06. The second-order valence-electron chi connectivity index (χ2n) is 3.13. The summed E-state index contributed by atoms with van der Waals surface area (Å²) in [5, 5.41) is 0.533. The fourth-order valence-corrected chi connectivity index (χ4v) is 2.46. The van der Waals surface area contributed by atoms with Gasteiger partial charge in [-0.25, -0.2) is 8.42 Å². The molecule has 0 heterocycles. The first-order valence-electron chi connectivity index (χ1n) is 4.12. The maximum absolute atomic E-state index is 11.4. The first-order chi connectivity index (χ1) is 6.89. The van der Waals surface area contributed by atoms with E-state index in [1.807, 2.05) is 0 Å². The van der Waals surface area contributed by atoms with Gasteiger partial charge in [0.2, 0.25) is 5.91 Å². The molecule has 0 saturated carbocycles. The molecule has 82 valence electrons. The maximum Gasteiger partial charge on any atom is 0.232 e. The van der Waals surface area contributed by atoms with E-state index in [4.69, 9.17) is 17.3 Å². The Morgan fingerprint density at radius 3 is 2.27 bits per heavy atom. The molecule has 1 aromatic rings. The molecule has 1 amide bonds. The van der Waals surface area contributed by atoms with Crippen LogP contribution in [0.4, 0.5) is 0 Å². The minimum atomic E-state index is -3.46. The second kappa shape index (κ2) is 4.63. The molecule has 0 aliphatic rings. The molecule has 0 bridgehead atoms. The Morgan fingerprint density at radius 1 is 1.27 bits per heavy atom. The summed E-state index contributed by atoms with van der Waals surface area (Å²) in [6.45, 7) is 0. The Labute approximate surface area is 93.0 Å². The van der Waals surface area contributed by atoms with Crippen molar-refractivity contribution < 1.29 is 13.2 Å². The number of amides is 1. The fraction of sp³-hybridized carbons (Fsp3) is 0.222. The van der Waals surface area contributed by atoms with E-state index in [0.29, 0.717) is 10.6 Å². The monoisotopic (exact) mass is 247 g/mol. The lowest BCUT2D eigenvalue weighted by Crippen LogP contribution is -2.24. The normalized spacial score (nSPS) is 11.3. The number of hydrogen-bond acceptors (Lipinski definition) is 3. The van der Waals surface area contributed by atoms with Gasteiger partial charge in [-0.2, -0.15) is 0 Å². The number of sulfone groups is 1. The molecule has 1 aromatic carbocycles. The highest BCUT2D eigenvalue weighted by Gasteiger charge is 2.14. The van der Waals surface area contributed by atoms with Gasteiger partial charge in [-0.05, 0) is 17.7 Å². The Balaban J connectivity index is 2.78. The lowest BCUT2D eigenvalue weighted by Gasteiger charge is -2.02. The Kier molecular flexibility index (Phi) is 3.71. The second-order valence-corrected chi connectivity index (χ2v) is 5.63. The number of carbonyl (C=O) groups excluding carboxylic acids is 1. The molecule has 4 nitrogen and oxygen atoms in total. The zero-order valence-corrected chi connectivity index (χ0v) is 9.38. The van der Waals surface area contributed by atoms with Gasteiger partial charge >= 0.3 is 0 Å². The minimum absolute atomic E-state index is 0.201. The molecule has 0 aliphatic carbocycles. The van der Waals surface area contributed by atoms with Gasteiger partial charge in [-0.15, -0.1) is 0 Å². The van der Waals surface area contributed by atoms with Gasteiger partial charge in [0, 0.05) is 5.02 Å². The highest BCUT2D eigenvalue weighted by Crippen LogP contribution is 2.12. The summed E-state index contributed by atoms with van der Waals surface area (Å²) in [6.07, 6.45) is 0. The molecular formula is C9H10ClNO3S. The van der Waals surface area contributed by atoms with Crippen LogP contribution in [0.25, 0.3) is 0 Å². The fourth-order valence-electron chi connectivity index (χ4n) is 1.10. The van der Waals surface area contributed by atoms with Crippen molar-refractivity contribution in [3.05, 3.63) is 34.9 Å². The van der Waals surface area contributed by atoms with Gasteiger partial charge in [-0.1, -0.05) is 23.7 Å². The van der Waals surface area contributed by atoms with Crippen LogP contribution in [-0.4, -0.2) is 20.1 Å². The summed E-state index contributed by atoms with van der Waals surface area (Å²) in [4.78, 5) is 10.5. The largest absolute Gasteiger partial charge is 0.369 e. The third-order valence-electron chi connectivity index (χ3n) is 1.66. The van der Waals surface area contributed by atoms with Crippen LogP contribution in [0, 0.1) is 0 Å². The predicted octanol–water partition coefficient (Wildman–Crippen LogP) is 0.740. The zero-order valence-electron chi connectivity index (χ0n) is 7.81. The van der Waals surface area contributed by atoms with E-state index in [2.05, 4.69) is 0 Å². The van der Waals surface area contributed by atoms with E-state index < -0.39 is 21.5 Å². The number of benzene rings is 1. The lowest BCUT2D eigenvalue weighted by atomic mass is 10.2. The van der Waals surface area contributed by atoms with Gasteiger partial charge in [0.15, 0.2) is 9.84 Å². The van der Waals surface area contributed by atoms with Crippen molar-refractivity contribution in [2.24, 2.45) is 5.73 Å². The Bertz CT molecular complexity index is 453. The number of nitrogens with two attached hydrogens (primary N) is 1. The van der Waals surface area contributed by atoms with Crippen LogP contribution in [0.5, 0.6) is 0 Å². The molecule has 2 N–H and O–H groups in total. The average molecular weight is 248 g/mol. The zero-order chi connectivity index (χ0) is 11.5. The first kappa shape index (κ1) is 12.0. The van der Waals surface area contributed by atoms with Crippen LogP contribution in [0.2, 0.25) is 5.02 Å². The van der Waals surface area contributed by atoms with E-state index in [1.54, 1.807) is 24.3 Å². The number of primary amides is 1. The maximum atomic E-state index is 11.4. The highest BCUT2D eigenvalue weighted by molar-refractivity contribution is 7.91. The molecular weight excluding hydrogens is 238 g/mol. The van der Waals surface area contributed by atoms with E-state index in [-0.39, 0.29) is 5.75 Å². The lowest BCUT2D eigenvalue weighted by molar-refractivity contribution is -0.115. The molecule has 0 spiro atoms. The summed E-state index contributed by atoms with van der Waals surface area (Å²) in [7, 11) is -3.46. The summed E-state index contributed by atoms with van der Waals surface area (Å²) in [5.74, 6) is -1.67. The van der Waals surface area contributed by atoms with E-state index in [1.165, 1.54) is 0 Å². The molecule has 0 aliphatic heterocycles. The van der Waals surface area contributed by atoms with Crippen molar-refractivity contribution >= 4 is 27.3 Å². The Morgan fingerprint density at radius 2 is 1.80 bits per heavy atom. The van der Waals surface area contributed by atoms with Crippen molar-refractivity contribution in [2.75, 3.05) is 5.75 Å². The van der Waals surface area contributed by atoms with Gasteiger partial charge in [0.1, 0.15) is 5.75 Å². The summed E-state index contributed by atoms with van der Waals surface area (Å²) < 4.78 is 22.7. The van der Waals surface area contributed by atoms with Crippen LogP contribution < -0.4 is 5.73 Å². The van der Waals surface area contributed by atoms with Gasteiger partial charge in [-0.3, -0.25) is 4.79 Å². The van der Waals surface area contributed by atoms with E-state index >= 15 is 0 Å². The predicted molar refractivity (Wildman–Crippen MR) is 58.1 cm³/mol. The molecule has 6 heteroatoms. The molecule has 0 aromatic heterocycles. The van der Waals surface area contributed by atoms with Crippen LogP contribution in [0.3, 0.4) is 0 Å². The molecule has 0 radical (unpaired) electrons. The van der Waals surface area contributed by atoms with Crippen molar-refractivity contribution in [3.63, 3.8) is 0 Å². The van der Waals surface area contributed by atoms with Crippen LogP contribution >= 0.6 is 11.6 Å². The highest BCUT2D eigenvalue weighted by atomic mass is 35.5. The molecule has 0 fully saturated rings. The third-order valence-corrected chi connectivity index (χ3v) is 3.41. The quantitative estimate of drug-likeness (QED) is 0.853. The molecule has 1 rings (SSSR count). The van der Waals surface area contributed by atoms with Gasteiger partial charge < -0.3 is 5.73 Å². The summed E-state index contributed by atoms with van der Waals surface area (Å²) in [6, 6.07) is 6.38. The smallest absolute Gasteiger partial charge is 0.232 e. The van der Waals surface area contributed by atoms with E-state index in [9.17, 15) is 13.2 Å². The van der Waals surface area contributed by atoms with Crippen molar-refractivity contribution in [3.8, 4) is 0 Å². The third kappa shape index (κ3) is 4.31. The van der Waals surface area contributed by atoms with Crippen molar-refractivity contribution in [1.82, 2.24) is 0 Å². The summed E-state index contributed by atoms with van der Waals surface area (Å²) >= 11 is 5.64. The van der Waals surface area contributed by atoms with Gasteiger partial charge in [0.05, 0.1) is 5.75 Å². The number of rotatable bonds is 4. The standard InChI is InChI=1S/C9H10ClNO3S/c10-8-3-1-7(2-4-8)5-15(13,14)6-9(11)12/h1-4H,5-6H2,(H2,11,12). The Hall–Kier alpha value is -1.07. The van der Waals surface area contributed by atoms with Gasteiger partial charge in [0.25, 0.3) is 0 Å². The van der Waals surface area contributed by atoms with Crippen molar-refractivity contribution in [2.45, 2.75) is 5.75 Å². The number of halogens is 1. The van der Waals surface area contributed by atoms with Crippen LogP contribution in [-0.2, 0) is 20.4 Å². The SMILES string of the molecule is NC(=O)CS(=O)(=O)Cc1ccc(Cl)cc1. The van der Waals surface area contributed by atoms with E-state index in [0.717, 1.165) is 0 Å². The molecule has 0 saturated heterocycles. The van der Waals surface area contributed by atoms with Crippen molar-refractivity contribution in [1.29, 1.82) is 0 Å². The van der Waals surface area contributed by atoms with Crippen LogP contribution in [0.1, 0.15) is 5.56 Å². The number of hydrogen-bond donors (Lipinski definition) is 1. The molecule has 15 heavy (non-hydrogen) atoms. The van der Waals surface area contributed by atoms with Crippen LogP contribution in [0.15, 0.2) is 24.3 Å². The minimum Gasteiger partial charge on any atom is -0.369 e. The summed E-state index contributed by atoms with van der Waals surface area (Å²) in [5.41, 5.74) is 5.40. The molecule has 0 atom stereocenters. The topological polar surface area (TPSA) is 77.2 Å². The number of carbonyl (C=O) groups is 1. The molecule has 0 unspecified atom stereocenters.